The van der Waals surface area contributed by atoms with Crippen molar-refractivity contribution >= 4 is 22.2 Å². The molecule has 0 radical (unpaired) electrons. The molecule has 0 bridgehead atoms. The Bertz CT molecular complexity index is 920. The van der Waals surface area contributed by atoms with E-state index in [-0.39, 0.29) is 18.2 Å². The van der Waals surface area contributed by atoms with Gasteiger partial charge < -0.3 is 10.1 Å². The van der Waals surface area contributed by atoms with Gasteiger partial charge in [-0.1, -0.05) is 19.4 Å². The molecule has 1 aliphatic rings. The van der Waals surface area contributed by atoms with Crippen LogP contribution < -0.4 is 10.1 Å². The molecular weight excluding hydrogens is 389 g/mol. The average Bonchev–Trinajstić information content (AvgIpc) is 2.86. The Labute approximate surface area is 175 Å². The van der Waals surface area contributed by atoms with Crippen LogP contribution in [0.1, 0.15) is 47.8 Å². The van der Waals surface area contributed by atoms with E-state index in [2.05, 4.69) is 11.4 Å². The largest absolute Gasteiger partial charge is 0.494 e. The van der Waals surface area contributed by atoms with Gasteiger partial charge in [0.15, 0.2) is 11.6 Å². The van der Waals surface area contributed by atoms with Crippen molar-refractivity contribution in [3.8, 4) is 11.8 Å². The lowest BCUT2D eigenvalue weighted by Gasteiger charge is -2.20. The van der Waals surface area contributed by atoms with Crippen molar-refractivity contribution in [3.05, 3.63) is 45.6 Å². The molecular formula is C22H26FN3O2S. The van der Waals surface area contributed by atoms with Crippen molar-refractivity contribution in [2.24, 2.45) is 0 Å². The number of likely N-dealkylation sites (N-methyl/N-ethyl adjacent to an activating group) is 1. The predicted molar refractivity (Wildman–Crippen MR) is 113 cm³/mol. The number of amides is 1. The lowest BCUT2D eigenvalue weighted by Crippen LogP contribution is -2.32. The Morgan fingerprint density at radius 2 is 2.14 bits per heavy atom. The van der Waals surface area contributed by atoms with Gasteiger partial charge in [-0.05, 0) is 55.5 Å². The highest BCUT2D eigenvalue weighted by molar-refractivity contribution is 7.16. The molecule has 1 aliphatic carbocycles. The molecule has 1 aromatic carbocycles. The highest BCUT2D eigenvalue weighted by atomic mass is 32.1. The van der Waals surface area contributed by atoms with Crippen LogP contribution in [0.15, 0.2) is 18.2 Å². The molecule has 7 heteroatoms. The van der Waals surface area contributed by atoms with Gasteiger partial charge in [-0.3, -0.25) is 9.69 Å². The maximum Gasteiger partial charge on any atom is 0.239 e. The number of fused-ring (bicyclic) bond motifs is 1. The van der Waals surface area contributed by atoms with Crippen LogP contribution in [-0.4, -0.2) is 31.0 Å². The summed E-state index contributed by atoms with van der Waals surface area (Å²) in [6.07, 6.45) is 5.30. The summed E-state index contributed by atoms with van der Waals surface area (Å²) in [5.74, 6) is -0.367. The van der Waals surface area contributed by atoms with Gasteiger partial charge in [0, 0.05) is 11.4 Å². The zero-order chi connectivity index (χ0) is 20.8. The molecule has 0 fully saturated rings. The van der Waals surface area contributed by atoms with Crippen LogP contribution in [0.5, 0.6) is 5.75 Å². The van der Waals surface area contributed by atoms with Crippen molar-refractivity contribution in [1.29, 1.82) is 5.26 Å². The normalized spacial score (nSPS) is 13.5. The maximum absolute atomic E-state index is 13.9. The Hall–Kier alpha value is -2.43. The molecule has 1 heterocycles. The van der Waals surface area contributed by atoms with E-state index < -0.39 is 5.82 Å². The molecule has 5 nitrogen and oxygen atoms in total. The van der Waals surface area contributed by atoms with Crippen molar-refractivity contribution in [1.82, 2.24) is 4.90 Å². The second-order valence-electron chi connectivity index (χ2n) is 7.20. The molecule has 0 unspecified atom stereocenters. The number of anilines is 1. The van der Waals surface area contributed by atoms with E-state index >= 15 is 0 Å². The highest BCUT2D eigenvalue weighted by Crippen LogP contribution is 2.36. The van der Waals surface area contributed by atoms with Gasteiger partial charge in [-0.25, -0.2) is 4.39 Å². The smallest absolute Gasteiger partial charge is 0.239 e. The number of carbonyl (C=O) groups is 1. The number of methoxy groups -OCH3 is 1. The Morgan fingerprint density at radius 3 is 2.83 bits per heavy atom. The fourth-order valence-electron chi connectivity index (χ4n) is 3.66. The molecule has 0 spiro atoms. The third-order valence-electron chi connectivity index (χ3n) is 5.22. The Balaban J connectivity index is 1.66. The number of halogens is 1. The standard InChI is InChI=1S/C22H26FN3O2S/c1-3-26(13-15-9-10-19(28-2)18(23)11-15)14-21(27)25-22-17(12-24)16-7-5-4-6-8-20(16)29-22/h9-11H,3-8,13-14H2,1-2H3,(H,25,27). The number of hydrogen-bond acceptors (Lipinski definition) is 5. The number of nitrogens with one attached hydrogen (secondary N) is 1. The minimum Gasteiger partial charge on any atom is -0.494 e. The fourth-order valence-corrected chi connectivity index (χ4v) is 4.92. The van der Waals surface area contributed by atoms with Crippen molar-refractivity contribution in [3.63, 3.8) is 0 Å². The van der Waals surface area contributed by atoms with E-state index in [0.717, 1.165) is 36.8 Å². The van der Waals surface area contributed by atoms with Gasteiger partial charge in [0.1, 0.15) is 11.1 Å². The highest BCUT2D eigenvalue weighted by Gasteiger charge is 2.21. The number of ether oxygens (including phenoxy) is 1. The monoisotopic (exact) mass is 415 g/mol. The molecule has 154 valence electrons. The van der Waals surface area contributed by atoms with Crippen LogP contribution in [0.2, 0.25) is 0 Å². The molecule has 3 rings (SSSR count). The number of hydrogen-bond donors (Lipinski definition) is 1. The van der Waals surface area contributed by atoms with Crippen molar-refractivity contribution < 1.29 is 13.9 Å². The van der Waals surface area contributed by atoms with Crippen LogP contribution in [0.25, 0.3) is 0 Å². The lowest BCUT2D eigenvalue weighted by atomic mass is 10.1. The van der Waals surface area contributed by atoms with Gasteiger partial charge in [-0.15, -0.1) is 11.3 Å². The van der Waals surface area contributed by atoms with Gasteiger partial charge in [-0.2, -0.15) is 5.26 Å². The quantitative estimate of drug-likeness (QED) is 0.677. The zero-order valence-corrected chi connectivity index (χ0v) is 17.7. The third-order valence-corrected chi connectivity index (χ3v) is 6.43. The molecule has 1 N–H and O–H groups in total. The van der Waals surface area contributed by atoms with Crippen molar-refractivity contribution in [2.45, 2.75) is 45.6 Å². The summed E-state index contributed by atoms with van der Waals surface area (Å²) in [4.78, 5) is 15.8. The van der Waals surface area contributed by atoms with Crippen LogP contribution >= 0.6 is 11.3 Å². The first-order valence-electron chi connectivity index (χ1n) is 9.95. The molecule has 0 aliphatic heterocycles. The fraction of sp³-hybridized carbons (Fsp3) is 0.455. The van der Waals surface area contributed by atoms with Gasteiger partial charge in [0.05, 0.1) is 19.2 Å². The number of rotatable bonds is 7. The molecule has 0 saturated heterocycles. The van der Waals surface area contributed by atoms with Gasteiger partial charge >= 0.3 is 0 Å². The molecule has 0 saturated carbocycles. The van der Waals surface area contributed by atoms with Crippen molar-refractivity contribution in [2.75, 3.05) is 25.5 Å². The number of benzene rings is 1. The van der Waals surface area contributed by atoms with E-state index in [1.807, 2.05) is 11.8 Å². The first-order valence-corrected chi connectivity index (χ1v) is 10.8. The molecule has 1 aromatic heterocycles. The lowest BCUT2D eigenvalue weighted by molar-refractivity contribution is -0.117. The van der Waals surface area contributed by atoms with E-state index in [1.54, 1.807) is 12.1 Å². The second kappa shape index (κ2) is 9.86. The Morgan fingerprint density at radius 1 is 1.34 bits per heavy atom. The number of thiophene rings is 1. The second-order valence-corrected chi connectivity index (χ2v) is 8.31. The summed E-state index contributed by atoms with van der Waals surface area (Å²) in [7, 11) is 1.43. The summed E-state index contributed by atoms with van der Waals surface area (Å²) in [5, 5.41) is 13.2. The minimum absolute atomic E-state index is 0.159. The first-order chi connectivity index (χ1) is 14.0. The van der Waals surface area contributed by atoms with E-state index in [9.17, 15) is 14.4 Å². The van der Waals surface area contributed by atoms with Crippen LogP contribution in [0.4, 0.5) is 9.39 Å². The third kappa shape index (κ3) is 5.14. The number of nitrogens with zero attached hydrogens (tertiary/aromatic N) is 2. The predicted octanol–water partition coefficient (Wildman–Crippen LogP) is 4.50. The molecule has 1 amide bonds. The number of carbonyl (C=O) groups excluding carboxylic acids is 1. The van der Waals surface area contributed by atoms with Crippen LogP contribution in [0.3, 0.4) is 0 Å². The van der Waals surface area contributed by atoms with Crippen LogP contribution in [-0.2, 0) is 24.2 Å². The van der Waals surface area contributed by atoms with E-state index in [4.69, 9.17) is 4.74 Å². The topological polar surface area (TPSA) is 65.4 Å². The molecule has 0 atom stereocenters. The average molecular weight is 416 g/mol. The molecule has 29 heavy (non-hydrogen) atoms. The number of nitriles is 1. The SMILES string of the molecule is CCN(CC(=O)Nc1sc2c(c1C#N)CCCCC2)Cc1ccc(OC)c(F)c1. The van der Waals surface area contributed by atoms with Gasteiger partial charge in [0.25, 0.3) is 0 Å². The summed E-state index contributed by atoms with van der Waals surface area (Å²) < 4.78 is 18.9. The zero-order valence-electron chi connectivity index (χ0n) is 16.9. The number of aryl methyl sites for hydroxylation is 1. The summed E-state index contributed by atoms with van der Waals surface area (Å²) in [6.45, 7) is 3.24. The summed E-state index contributed by atoms with van der Waals surface area (Å²) >= 11 is 1.54. The molecule has 2 aromatic rings. The maximum atomic E-state index is 13.9. The minimum atomic E-state index is -0.413. The van der Waals surface area contributed by atoms with Gasteiger partial charge in [0.2, 0.25) is 5.91 Å². The Kier molecular flexibility index (Phi) is 7.24. The summed E-state index contributed by atoms with van der Waals surface area (Å²) in [5.41, 5.74) is 2.52. The van der Waals surface area contributed by atoms with Crippen LogP contribution in [0, 0.1) is 17.1 Å². The van der Waals surface area contributed by atoms with E-state index in [1.165, 1.54) is 35.8 Å². The summed E-state index contributed by atoms with van der Waals surface area (Å²) in [6, 6.07) is 7.12. The first kappa shape index (κ1) is 21.3. The van der Waals surface area contributed by atoms with E-state index in [0.29, 0.717) is 23.7 Å².